The molecule has 5 heteroatoms. The van der Waals surface area contributed by atoms with Crippen LogP contribution in [0.1, 0.15) is 41.6 Å². The van der Waals surface area contributed by atoms with Crippen molar-refractivity contribution in [1.82, 2.24) is 4.90 Å². The monoisotopic (exact) mass is 378 g/mol. The van der Waals surface area contributed by atoms with E-state index in [0.29, 0.717) is 10.5 Å². The number of carbonyl (C=O) groups excluding carboxylic acids is 2. The average molecular weight is 378 g/mol. The number of fused-ring (bicyclic) bond motifs is 1. The number of likely N-dealkylation sites (tertiary alicyclic amines) is 1. The minimum Gasteiger partial charge on any atom is -0.339 e. The maximum atomic E-state index is 12.7. The molecule has 4 nitrogen and oxygen atoms in total. The summed E-state index contributed by atoms with van der Waals surface area (Å²) in [6.45, 7) is 1.70. The standard InChI is InChI=1S/C22H22N2O2S/c25-21-20(27-19-8-4-3-7-18(19)23-21)15-16-9-11-17(12-10-16)22(26)24-13-5-1-2-6-14-24/h3-4,7-12,15H,1-2,5-6,13-14H2,(H,23,25). The first kappa shape index (κ1) is 17.9. The van der Waals surface area contributed by atoms with Gasteiger partial charge in [-0.1, -0.05) is 48.9 Å². The second-order valence-corrected chi connectivity index (χ2v) is 7.97. The summed E-state index contributed by atoms with van der Waals surface area (Å²) in [6.07, 6.45) is 6.46. The Labute approximate surface area is 163 Å². The van der Waals surface area contributed by atoms with Gasteiger partial charge >= 0.3 is 0 Å². The molecule has 1 N–H and O–H groups in total. The lowest BCUT2D eigenvalue weighted by Crippen LogP contribution is -2.31. The van der Waals surface area contributed by atoms with E-state index in [1.807, 2.05) is 59.5 Å². The van der Waals surface area contributed by atoms with Crippen LogP contribution < -0.4 is 5.32 Å². The Morgan fingerprint density at radius 1 is 0.963 bits per heavy atom. The lowest BCUT2D eigenvalue weighted by molar-refractivity contribution is -0.112. The van der Waals surface area contributed by atoms with E-state index in [2.05, 4.69) is 5.32 Å². The zero-order valence-corrected chi connectivity index (χ0v) is 15.9. The summed E-state index contributed by atoms with van der Waals surface area (Å²) in [6, 6.07) is 15.3. The summed E-state index contributed by atoms with van der Waals surface area (Å²) in [7, 11) is 0. The topological polar surface area (TPSA) is 49.4 Å². The fourth-order valence-electron chi connectivity index (χ4n) is 3.43. The van der Waals surface area contributed by atoms with E-state index in [1.54, 1.807) is 0 Å². The average Bonchev–Trinajstić information content (AvgIpc) is 2.98. The molecule has 2 aromatic carbocycles. The zero-order chi connectivity index (χ0) is 18.6. The maximum absolute atomic E-state index is 12.7. The molecule has 2 aromatic rings. The predicted molar refractivity (Wildman–Crippen MR) is 110 cm³/mol. The maximum Gasteiger partial charge on any atom is 0.262 e. The third-order valence-corrected chi connectivity index (χ3v) is 6.03. The van der Waals surface area contributed by atoms with Crippen molar-refractivity contribution in [1.29, 1.82) is 0 Å². The second-order valence-electron chi connectivity index (χ2n) is 6.89. The van der Waals surface area contributed by atoms with Crippen LogP contribution in [0, 0.1) is 0 Å². The lowest BCUT2D eigenvalue weighted by atomic mass is 10.1. The molecule has 2 aliphatic rings. The number of anilines is 1. The Kier molecular flexibility index (Phi) is 5.30. The molecule has 27 heavy (non-hydrogen) atoms. The quantitative estimate of drug-likeness (QED) is 0.765. The predicted octanol–water partition coefficient (Wildman–Crippen LogP) is 4.79. The molecule has 0 radical (unpaired) electrons. The van der Waals surface area contributed by atoms with E-state index in [1.165, 1.54) is 24.6 Å². The third kappa shape index (κ3) is 4.08. The fourth-order valence-corrected chi connectivity index (χ4v) is 4.38. The van der Waals surface area contributed by atoms with E-state index in [9.17, 15) is 9.59 Å². The molecule has 0 aliphatic carbocycles. The van der Waals surface area contributed by atoms with Gasteiger partial charge in [-0.05, 0) is 48.7 Å². The highest BCUT2D eigenvalue weighted by Gasteiger charge is 2.21. The van der Waals surface area contributed by atoms with Gasteiger partial charge in [0, 0.05) is 23.5 Å². The number of nitrogens with one attached hydrogen (secondary N) is 1. The van der Waals surface area contributed by atoms with Crippen molar-refractivity contribution in [3.63, 3.8) is 0 Å². The van der Waals surface area contributed by atoms with Crippen molar-refractivity contribution in [2.45, 2.75) is 30.6 Å². The molecule has 138 valence electrons. The van der Waals surface area contributed by atoms with E-state index in [4.69, 9.17) is 0 Å². The number of hydrogen-bond donors (Lipinski definition) is 1. The van der Waals surface area contributed by atoms with Crippen molar-refractivity contribution in [2.75, 3.05) is 18.4 Å². The van der Waals surface area contributed by atoms with Crippen molar-refractivity contribution in [3.8, 4) is 0 Å². The van der Waals surface area contributed by atoms with Crippen LogP contribution in [0.15, 0.2) is 58.3 Å². The van der Waals surface area contributed by atoms with Crippen molar-refractivity contribution in [3.05, 3.63) is 64.6 Å². The fraction of sp³-hybridized carbons (Fsp3) is 0.273. The van der Waals surface area contributed by atoms with Crippen LogP contribution in [-0.2, 0) is 4.79 Å². The van der Waals surface area contributed by atoms with Crippen LogP contribution in [0.4, 0.5) is 5.69 Å². The number of rotatable bonds is 2. The molecule has 0 spiro atoms. The van der Waals surface area contributed by atoms with Gasteiger partial charge in [0.05, 0.1) is 10.6 Å². The van der Waals surface area contributed by atoms with Crippen molar-refractivity contribution >= 4 is 35.3 Å². The van der Waals surface area contributed by atoms with E-state index in [-0.39, 0.29) is 11.8 Å². The summed E-state index contributed by atoms with van der Waals surface area (Å²) in [5.74, 6) is 0.0123. The SMILES string of the molecule is O=C1Nc2ccccc2SC1=Cc1ccc(C(=O)N2CCCCCC2)cc1. The minimum absolute atomic E-state index is 0.0941. The van der Waals surface area contributed by atoms with E-state index >= 15 is 0 Å². The Balaban J connectivity index is 1.50. The molecule has 2 aliphatic heterocycles. The van der Waals surface area contributed by atoms with Gasteiger partial charge in [0.25, 0.3) is 11.8 Å². The van der Waals surface area contributed by atoms with E-state index in [0.717, 1.165) is 42.1 Å². The van der Waals surface area contributed by atoms with Gasteiger partial charge in [-0.2, -0.15) is 0 Å². The van der Waals surface area contributed by atoms with Crippen LogP contribution in [0.5, 0.6) is 0 Å². The lowest BCUT2D eigenvalue weighted by Gasteiger charge is -2.20. The molecule has 0 bridgehead atoms. The minimum atomic E-state index is -0.0941. The summed E-state index contributed by atoms with van der Waals surface area (Å²) < 4.78 is 0. The Morgan fingerprint density at radius 2 is 1.67 bits per heavy atom. The molecular weight excluding hydrogens is 356 g/mol. The largest absolute Gasteiger partial charge is 0.339 e. The molecule has 1 saturated heterocycles. The molecule has 2 amide bonds. The second kappa shape index (κ2) is 8.01. The van der Waals surface area contributed by atoms with Gasteiger partial charge < -0.3 is 10.2 Å². The van der Waals surface area contributed by atoms with Gasteiger partial charge in [-0.25, -0.2) is 0 Å². The summed E-state index contributed by atoms with van der Waals surface area (Å²) >= 11 is 1.47. The Hall–Kier alpha value is -2.53. The highest BCUT2D eigenvalue weighted by atomic mass is 32.2. The van der Waals surface area contributed by atoms with E-state index < -0.39 is 0 Å². The normalized spacial score (nSPS) is 18.6. The molecule has 0 aromatic heterocycles. The number of thioether (sulfide) groups is 1. The van der Waals surface area contributed by atoms with Gasteiger partial charge in [0.2, 0.25) is 0 Å². The van der Waals surface area contributed by atoms with Crippen molar-refractivity contribution < 1.29 is 9.59 Å². The Morgan fingerprint density at radius 3 is 2.41 bits per heavy atom. The molecule has 0 saturated carbocycles. The number of hydrogen-bond acceptors (Lipinski definition) is 3. The number of carbonyl (C=O) groups is 2. The first-order valence-corrected chi connectivity index (χ1v) is 10.2. The number of nitrogens with zero attached hydrogens (tertiary/aromatic N) is 1. The van der Waals surface area contributed by atoms with Crippen LogP contribution in [0.2, 0.25) is 0 Å². The highest BCUT2D eigenvalue weighted by molar-refractivity contribution is 8.04. The van der Waals surface area contributed by atoms with Gasteiger partial charge in [-0.3, -0.25) is 9.59 Å². The molecule has 2 heterocycles. The molecule has 0 unspecified atom stereocenters. The number of para-hydroxylation sites is 1. The highest BCUT2D eigenvalue weighted by Crippen LogP contribution is 2.38. The third-order valence-electron chi connectivity index (χ3n) is 4.93. The smallest absolute Gasteiger partial charge is 0.262 e. The van der Waals surface area contributed by atoms with Crippen LogP contribution in [-0.4, -0.2) is 29.8 Å². The summed E-state index contributed by atoms with van der Waals surface area (Å²) in [4.78, 5) is 28.7. The summed E-state index contributed by atoms with van der Waals surface area (Å²) in [5, 5.41) is 2.92. The van der Waals surface area contributed by atoms with Crippen LogP contribution in [0.25, 0.3) is 6.08 Å². The first-order chi connectivity index (χ1) is 13.2. The number of amides is 2. The molecule has 0 atom stereocenters. The zero-order valence-electron chi connectivity index (χ0n) is 15.1. The Bertz CT molecular complexity index is 881. The molecule has 1 fully saturated rings. The summed E-state index contributed by atoms with van der Waals surface area (Å²) in [5.41, 5.74) is 2.48. The first-order valence-electron chi connectivity index (χ1n) is 9.40. The van der Waals surface area contributed by atoms with Crippen LogP contribution in [0.3, 0.4) is 0 Å². The van der Waals surface area contributed by atoms with Gasteiger partial charge in [-0.15, -0.1) is 0 Å². The molecular formula is C22H22N2O2S. The number of benzene rings is 2. The van der Waals surface area contributed by atoms with Crippen molar-refractivity contribution in [2.24, 2.45) is 0 Å². The van der Waals surface area contributed by atoms with Crippen LogP contribution >= 0.6 is 11.8 Å². The molecule has 4 rings (SSSR count). The van der Waals surface area contributed by atoms with Gasteiger partial charge in [0.15, 0.2) is 0 Å². The van der Waals surface area contributed by atoms with Gasteiger partial charge in [0.1, 0.15) is 0 Å².